The fourth-order valence-corrected chi connectivity index (χ4v) is 2.03. The first-order chi connectivity index (χ1) is 4.70. The third-order valence-corrected chi connectivity index (χ3v) is 3.15. The summed E-state index contributed by atoms with van der Waals surface area (Å²) in [6.45, 7) is 0. The van der Waals surface area contributed by atoms with Crippen molar-refractivity contribution in [1.82, 2.24) is 0 Å². The summed E-state index contributed by atoms with van der Waals surface area (Å²) in [5.74, 6) is 0. The predicted molar refractivity (Wildman–Crippen MR) is 40.5 cm³/mol. The Balaban J connectivity index is 2.40. The molecule has 0 bridgehead atoms. The largest absolute Gasteiger partial charge is 0.328 e. The second-order valence-electron chi connectivity index (χ2n) is 2.85. The maximum Gasteiger partial charge on any atom is 0.143 e. The van der Waals surface area contributed by atoms with E-state index in [4.69, 9.17) is 5.73 Å². The van der Waals surface area contributed by atoms with Crippen molar-refractivity contribution in [3.05, 3.63) is 0 Å². The molecule has 0 aliphatic heterocycles. The molecule has 0 saturated heterocycles. The Kier molecular flexibility index (Phi) is 2.68. The Labute approximate surface area is 62.6 Å². The van der Waals surface area contributed by atoms with Gasteiger partial charge in [0.1, 0.15) is 10.7 Å². The molecule has 0 spiro atoms. The van der Waals surface area contributed by atoms with Crippen LogP contribution in [0.3, 0.4) is 0 Å². The standard InChI is InChI=1S/C6H13NO2S/c7-5-1-3-6(4-2-5)10(8)9/h5-6,10H,1-4,7H2. The first-order valence-electron chi connectivity index (χ1n) is 3.59. The average Bonchev–Trinajstić information content (AvgIpc) is 1.88. The molecule has 0 heterocycles. The Hall–Kier alpha value is -0.0900. The van der Waals surface area contributed by atoms with Gasteiger partial charge in [0.05, 0.1) is 5.25 Å². The highest BCUT2D eigenvalue weighted by Gasteiger charge is 2.19. The molecule has 1 aliphatic rings. The summed E-state index contributed by atoms with van der Waals surface area (Å²) in [7, 11) is -2.19. The van der Waals surface area contributed by atoms with Crippen LogP contribution in [0.25, 0.3) is 0 Å². The van der Waals surface area contributed by atoms with E-state index in [0.717, 1.165) is 25.7 Å². The molecule has 1 saturated carbocycles. The first-order valence-corrected chi connectivity index (χ1v) is 4.84. The van der Waals surface area contributed by atoms with Gasteiger partial charge in [-0.3, -0.25) is 0 Å². The van der Waals surface area contributed by atoms with E-state index in [1.165, 1.54) is 0 Å². The van der Waals surface area contributed by atoms with Crippen LogP contribution in [0.1, 0.15) is 25.7 Å². The van der Waals surface area contributed by atoms with Crippen molar-refractivity contribution >= 4 is 10.7 Å². The van der Waals surface area contributed by atoms with Gasteiger partial charge in [0, 0.05) is 6.04 Å². The maximum absolute atomic E-state index is 10.5. The van der Waals surface area contributed by atoms with Crippen molar-refractivity contribution in [2.75, 3.05) is 0 Å². The van der Waals surface area contributed by atoms with Crippen LogP contribution in [0.15, 0.2) is 0 Å². The van der Waals surface area contributed by atoms with E-state index in [2.05, 4.69) is 0 Å². The van der Waals surface area contributed by atoms with Crippen molar-refractivity contribution in [3.8, 4) is 0 Å². The molecular weight excluding hydrogens is 150 g/mol. The molecule has 1 rings (SSSR count). The zero-order valence-electron chi connectivity index (χ0n) is 5.82. The highest BCUT2D eigenvalue weighted by Crippen LogP contribution is 2.18. The third-order valence-electron chi connectivity index (χ3n) is 2.04. The molecule has 0 aromatic carbocycles. The van der Waals surface area contributed by atoms with Crippen LogP contribution >= 0.6 is 0 Å². The van der Waals surface area contributed by atoms with Gasteiger partial charge in [-0.2, -0.15) is 0 Å². The minimum Gasteiger partial charge on any atom is -0.328 e. The molecule has 1 aliphatic carbocycles. The number of hydrogen-bond acceptors (Lipinski definition) is 3. The Morgan fingerprint density at radius 2 is 1.60 bits per heavy atom. The first kappa shape index (κ1) is 8.01. The lowest BCUT2D eigenvalue weighted by Crippen LogP contribution is -2.29. The molecule has 0 amide bonds. The summed E-state index contributed by atoms with van der Waals surface area (Å²) in [4.78, 5) is 0. The summed E-state index contributed by atoms with van der Waals surface area (Å²) < 4.78 is 20.9. The van der Waals surface area contributed by atoms with Gasteiger partial charge in [0.2, 0.25) is 0 Å². The molecule has 0 aromatic heterocycles. The molecule has 2 N–H and O–H groups in total. The van der Waals surface area contributed by atoms with E-state index in [-0.39, 0.29) is 11.3 Å². The minimum atomic E-state index is -2.19. The molecule has 0 unspecified atom stereocenters. The predicted octanol–water partition coefficient (Wildman–Crippen LogP) is -0.132. The van der Waals surface area contributed by atoms with Crippen LogP contribution in [0, 0.1) is 0 Å². The van der Waals surface area contributed by atoms with Crippen LogP contribution in [0.4, 0.5) is 0 Å². The second kappa shape index (κ2) is 3.34. The Morgan fingerprint density at radius 3 is 2.00 bits per heavy atom. The fraction of sp³-hybridized carbons (Fsp3) is 1.00. The smallest absolute Gasteiger partial charge is 0.143 e. The van der Waals surface area contributed by atoms with Crippen LogP contribution in [0.2, 0.25) is 0 Å². The summed E-state index contributed by atoms with van der Waals surface area (Å²) in [5.41, 5.74) is 5.60. The monoisotopic (exact) mass is 163 g/mol. The van der Waals surface area contributed by atoms with Gasteiger partial charge in [-0.15, -0.1) is 0 Å². The number of rotatable bonds is 1. The summed E-state index contributed by atoms with van der Waals surface area (Å²) in [6.07, 6.45) is 3.27. The van der Waals surface area contributed by atoms with E-state index in [0.29, 0.717) is 0 Å². The Morgan fingerprint density at radius 1 is 1.10 bits per heavy atom. The fourth-order valence-electron chi connectivity index (χ4n) is 1.31. The minimum absolute atomic E-state index is 0.0881. The van der Waals surface area contributed by atoms with Crippen molar-refractivity contribution in [2.24, 2.45) is 5.73 Å². The third kappa shape index (κ3) is 1.95. The molecule has 60 valence electrons. The molecule has 0 radical (unpaired) electrons. The summed E-state index contributed by atoms with van der Waals surface area (Å²) in [6, 6.07) is 0.242. The quantitative estimate of drug-likeness (QED) is 0.529. The van der Waals surface area contributed by atoms with Crippen LogP contribution < -0.4 is 5.73 Å². The van der Waals surface area contributed by atoms with Crippen molar-refractivity contribution in [1.29, 1.82) is 0 Å². The highest BCUT2D eigenvalue weighted by molar-refractivity contribution is 7.73. The van der Waals surface area contributed by atoms with Crippen LogP contribution in [-0.4, -0.2) is 19.7 Å². The lowest BCUT2D eigenvalue weighted by Gasteiger charge is -2.21. The molecule has 4 heteroatoms. The normalized spacial score (nSPS) is 34.6. The van der Waals surface area contributed by atoms with Gasteiger partial charge >= 0.3 is 0 Å². The van der Waals surface area contributed by atoms with Gasteiger partial charge in [0.15, 0.2) is 0 Å². The lowest BCUT2D eigenvalue weighted by atomic mass is 9.96. The van der Waals surface area contributed by atoms with E-state index >= 15 is 0 Å². The molecule has 3 nitrogen and oxygen atoms in total. The average molecular weight is 163 g/mol. The SMILES string of the molecule is NC1CCC([SH](=O)=O)CC1. The molecule has 0 atom stereocenters. The van der Waals surface area contributed by atoms with Gasteiger partial charge in [0.25, 0.3) is 0 Å². The summed E-state index contributed by atoms with van der Waals surface area (Å²) in [5, 5.41) is -0.0881. The van der Waals surface area contributed by atoms with Crippen molar-refractivity contribution < 1.29 is 8.42 Å². The lowest BCUT2D eigenvalue weighted by molar-refractivity contribution is 0.439. The van der Waals surface area contributed by atoms with Gasteiger partial charge in [-0.05, 0) is 25.7 Å². The molecular formula is C6H13NO2S. The van der Waals surface area contributed by atoms with E-state index in [1.54, 1.807) is 0 Å². The van der Waals surface area contributed by atoms with Crippen LogP contribution in [0.5, 0.6) is 0 Å². The van der Waals surface area contributed by atoms with E-state index in [1.807, 2.05) is 0 Å². The Bertz CT molecular complexity index is 163. The zero-order chi connectivity index (χ0) is 7.56. The number of thiol groups is 1. The van der Waals surface area contributed by atoms with Crippen molar-refractivity contribution in [3.63, 3.8) is 0 Å². The number of hydrogen-bond donors (Lipinski definition) is 2. The highest BCUT2D eigenvalue weighted by atomic mass is 32.2. The van der Waals surface area contributed by atoms with Crippen molar-refractivity contribution in [2.45, 2.75) is 37.0 Å². The van der Waals surface area contributed by atoms with Gasteiger partial charge in [-0.25, -0.2) is 8.42 Å². The van der Waals surface area contributed by atoms with E-state index < -0.39 is 10.7 Å². The van der Waals surface area contributed by atoms with Gasteiger partial charge < -0.3 is 5.73 Å². The maximum atomic E-state index is 10.5. The second-order valence-corrected chi connectivity index (χ2v) is 4.15. The molecule has 0 aromatic rings. The molecule has 1 fully saturated rings. The topological polar surface area (TPSA) is 60.2 Å². The molecule has 10 heavy (non-hydrogen) atoms. The van der Waals surface area contributed by atoms with Crippen LogP contribution in [-0.2, 0) is 10.7 Å². The van der Waals surface area contributed by atoms with Gasteiger partial charge in [-0.1, -0.05) is 0 Å². The number of nitrogens with two attached hydrogens (primary N) is 1. The zero-order valence-corrected chi connectivity index (χ0v) is 6.72. The van der Waals surface area contributed by atoms with E-state index in [9.17, 15) is 8.42 Å². The summed E-state index contributed by atoms with van der Waals surface area (Å²) >= 11 is 0.